The van der Waals surface area contributed by atoms with Gasteiger partial charge in [-0.3, -0.25) is 0 Å². The summed E-state index contributed by atoms with van der Waals surface area (Å²) in [5.41, 5.74) is 0.942. The van der Waals surface area contributed by atoms with E-state index in [1.165, 1.54) is 0 Å². The summed E-state index contributed by atoms with van der Waals surface area (Å²) in [5, 5.41) is 6.74. The first-order valence-electron chi connectivity index (χ1n) is 8.20. The quantitative estimate of drug-likeness (QED) is 0.456. The Kier molecular flexibility index (Phi) is 6.78. The summed E-state index contributed by atoms with van der Waals surface area (Å²) >= 11 is 0. The van der Waals surface area contributed by atoms with Crippen molar-refractivity contribution in [3.05, 3.63) is 29.8 Å². The van der Waals surface area contributed by atoms with Gasteiger partial charge in [-0.25, -0.2) is 4.99 Å². The van der Waals surface area contributed by atoms with Crippen LogP contribution < -0.4 is 24.8 Å². The van der Waals surface area contributed by atoms with E-state index in [2.05, 4.69) is 34.7 Å². The first-order valence-corrected chi connectivity index (χ1v) is 8.20. The maximum Gasteiger partial charge on any atom is 0.191 e. The molecular weight excluding hydrogens is 306 g/mol. The highest BCUT2D eigenvalue weighted by Gasteiger charge is 2.14. The van der Waals surface area contributed by atoms with Crippen LogP contribution in [-0.4, -0.2) is 39.9 Å². The second kappa shape index (κ2) is 9.05. The molecule has 0 unspecified atom stereocenters. The predicted octanol–water partition coefficient (Wildman–Crippen LogP) is 2.49. The summed E-state index contributed by atoms with van der Waals surface area (Å²) in [6, 6.07) is 4.14. The van der Waals surface area contributed by atoms with Crippen LogP contribution in [0.15, 0.2) is 29.3 Å². The van der Waals surface area contributed by atoms with E-state index in [1.807, 2.05) is 12.1 Å². The van der Waals surface area contributed by atoms with Crippen molar-refractivity contribution in [2.75, 3.05) is 27.9 Å². The van der Waals surface area contributed by atoms with Crippen LogP contribution in [0.3, 0.4) is 0 Å². The van der Waals surface area contributed by atoms with E-state index in [-0.39, 0.29) is 0 Å². The minimum absolute atomic E-state index is 0.412. The molecule has 0 heterocycles. The number of aliphatic imine (C=N–C) groups is 1. The standard InChI is InChI=1S/C18H27N3O3/c1-5-19-18(21-14-8-6-7-9-14)20-12-13-10-16(23-3)17(24-4)11-15(13)22-2/h6-7,10-11,14H,5,8-9,12H2,1-4H3,(H2,19,20,21). The molecular formula is C18H27N3O3. The zero-order valence-electron chi connectivity index (χ0n) is 14.9. The number of nitrogens with one attached hydrogen (secondary N) is 2. The Morgan fingerprint density at radius 1 is 1.04 bits per heavy atom. The van der Waals surface area contributed by atoms with Crippen LogP contribution in [0.25, 0.3) is 0 Å². The highest BCUT2D eigenvalue weighted by atomic mass is 16.5. The van der Waals surface area contributed by atoms with Crippen LogP contribution in [0, 0.1) is 0 Å². The van der Waals surface area contributed by atoms with Crippen LogP contribution >= 0.6 is 0 Å². The molecule has 0 radical (unpaired) electrons. The summed E-state index contributed by atoms with van der Waals surface area (Å²) in [6.07, 6.45) is 6.45. The average Bonchev–Trinajstić information content (AvgIpc) is 3.12. The third-order valence-electron chi connectivity index (χ3n) is 3.89. The Bertz CT molecular complexity index is 591. The van der Waals surface area contributed by atoms with Gasteiger partial charge < -0.3 is 24.8 Å². The summed E-state index contributed by atoms with van der Waals surface area (Å²) < 4.78 is 16.1. The minimum atomic E-state index is 0.412. The molecule has 6 nitrogen and oxygen atoms in total. The predicted molar refractivity (Wildman–Crippen MR) is 96.2 cm³/mol. The lowest BCUT2D eigenvalue weighted by molar-refractivity contribution is 0.347. The van der Waals surface area contributed by atoms with Gasteiger partial charge >= 0.3 is 0 Å². The van der Waals surface area contributed by atoms with Gasteiger partial charge in [0.05, 0.1) is 27.9 Å². The molecule has 1 aliphatic carbocycles. The largest absolute Gasteiger partial charge is 0.496 e. The minimum Gasteiger partial charge on any atom is -0.496 e. The van der Waals surface area contributed by atoms with Gasteiger partial charge in [-0.15, -0.1) is 0 Å². The van der Waals surface area contributed by atoms with Gasteiger partial charge in [0.25, 0.3) is 0 Å². The number of rotatable bonds is 7. The van der Waals surface area contributed by atoms with Gasteiger partial charge in [0.2, 0.25) is 0 Å². The zero-order chi connectivity index (χ0) is 17.4. The number of methoxy groups -OCH3 is 3. The van der Waals surface area contributed by atoms with E-state index in [0.717, 1.165) is 36.7 Å². The lowest BCUT2D eigenvalue weighted by atomic mass is 10.1. The Labute approximate surface area is 143 Å². The van der Waals surface area contributed by atoms with Crippen molar-refractivity contribution in [1.82, 2.24) is 10.6 Å². The molecule has 0 amide bonds. The molecule has 0 aliphatic heterocycles. The molecule has 2 rings (SSSR count). The smallest absolute Gasteiger partial charge is 0.191 e. The van der Waals surface area contributed by atoms with Crippen LogP contribution in [-0.2, 0) is 6.54 Å². The van der Waals surface area contributed by atoms with Crippen LogP contribution in [0.5, 0.6) is 17.2 Å². The molecule has 0 saturated carbocycles. The Hall–Kier alpha value is -2.37. The SMILES string of the molecule is CCNC(=NCc1cc(OC)c(OC)cc1OC)NC1CC=CC1. The van der Waals surface area contributed by atoms with Crippen molar-refractivity contribution >= 4 is 5.96 Å². The van der Waals surface area contributed by atoms with Gasteiger partial charge in [0, 0.05) is 24.2 Å². The molecule has 1 aliphatic rings. The van der Waals surface area contributed by atoms with E-state index in [9.17, 15) is 0 Å². The molecule has 0 atom stereocenters. The van der Waals surface area contributed by atoms with Gasteiger partial charge in [0.1, 0.15) is 5.75 Å². The molecule has 0 aromatic heterocycles. The summed E-state index contributed by atoms with van der Waals surface area (Å²) in [4.78, 5) is 4.68. The fourth-order valence-corrected chi connectivity index (χ4v) is 2.63. The molecule has 2 N–H and O–H groups in total. The molecule has 1 aromatic rings. The fourth-order valence-electron chi connectivity index (χ4n) is 2.63. The van der Waals surface area contributed by atoms with E-state index in [4.69, 9.17) is 14.2 Å². The first-order chi connectivity index (χ1) is 11.7. The van der Waals surface area contributed by atoms with Crippen molar-refractivity contribution < 1.29 is 14.2 Å². The van der Waals surface area contributed by atoms with E-state index < -0.39 is 0 Å². The van der Waals surface area contributed by atoms with Crippen LogP contribution in [0.4, 0.5) is 0 Å². The number of guanidine groups is 1. The summed E-state index contributed by atoms with van der Waals surface area (Å²) in [6.45, 7) is 3.36. The number of benzene rings is 1. The van der Waals surface area contributed by atoms with E-state index >= 15 is 0 Å². The Balaban J connectivity index is 2.16. The molecule has 132 valence electrons. The normalized spacial score (nSPS) is 14.6. The molecule has 0 saturated heterocycles. The highest BCUT2D eigenvalue weighted by molar-refractivity contribution is 5.80. The van der Waals surface area contributed by atoms with E-state index in [1.54, 1.807) is 21.3 Å². The number of hydrogen-bond acceptors (Lipinski definition) is 4. The van der Waals surface area contributed by atoms with Crippen molar-refractivity contribution in [2.45, 2.75) is 32.4 Å². The third kappa shape index (κ3) is 4.57. The second-order valence-corrected chi connectivity index (χ2v) is 5.50. The monoisotopic (exact) mass is 333 g/mol. The topological polar surface area (TPSA) is 64.1 Å². The van der Waals surface area contributed by atoms with Gasteiger partial charge in [-0.2, -0.15) is 0 Å². The maximum absolute atomic E-state index is 5.46. The number of hydrogen-bond donors (Lipinski definition) is 2. The van der Waals surface area contributed by atoms with Crippen LogP contribution in [0.2, 0.25) is 0 Å². The highest BCUT2D eigenvalue weighted by Crippen LogP contribution is 2.34. The molecule has 0 fully saturated rings. The lowest BCUT2D eigenvalue weighted by Gasteiger charge is -2.17. The van der Waals surface area contributed by atoms with Gasteiger partial charge in [-0.05, 0) is 25.8 Å². The molecule has 6 heteroatoms. The second-order valence-electron chi connectivity index (χ2n) is 5.50. The molecule has 24 heavy (non-hydrogen) atoms. The van der Waals surface area contributed by atoms with E-state index in [0.29, 0.717) is 24.1 Å². The first kappa shape index (κ1) is 18.0. The van der Waals surface area contributed by atoms with Gasteiger partial charge in [0.15, 0.2) is 17.5 Å². The Morgan fingerprint density at radius 2 is 1.67 bits per heavy atom. The van der Waals surface area contributed by atoms with Crippen molar-refractivity contribution in [3.8, 4) is 17.2 Å². The van der Waals surface area contributed by atoms with Crippen molar-refractivity contribution in [2.24, 2.45) is 4.99 Å². The Morgan fingerprint density at radius 3 is 2.25 bits per heavy atom. The zero-order valence-corrected chi connectivity index (χ0v) is 14.9. The third-order valence-corrected chi connectivity index (χ3v) is 3.89. The van der Waals surface area contributed by atoms with Crippen LogP contribution in [0.1, 0.15) is 25.3 Å². The average molecular weight is 333 g/mol. The lowest BCUT2D eigenvalue weighted by Crippen LogP contribution is -2.42. The van der Waals surface area contributed by atoms with Crippen molar-refractivity contribution in [3.63, 3.8) is 0 Å². The van der Waals surface area contributed by atoms with Gasteiger partial charge in [-0.1, -0.05) is 12.2 Å². The fraction of sp³-hybridized carbons (Fsp3) is 0.500. The number of nitrogens with zero attached hydrogens (tertiary/aromatic N) is 1. The maximum atomic E-state index is 5.46. The number of ether oxygens (including phenoxy) is 3. The summed E-state index contributed by atoms with van der Waals surface area (Å²) in [5.74, 6) is 2.85. The molecule has 0 bridgehead atoms. The van der Waals surface area contributed by atoms with Crippen molar-refractivity contribution in [1.29, 1.82) is 0 Å². The summed E-state index contributed by atoms with van der Waals surface area (Å²) in [7, 11) is 4.87. The molecule has 0 spiro atoms. The molecule has 1 aromatic carbocycles.